The molecule has 0 bridgehead atoms. The molecule has 0 aliphatic rings. The highest BCUT2D eigenvalue weighted by Gasteiger charge is 1.91. The van der Waals surface area contributed by atoms with E-state index in [1.807, 2.05) is 47.6 Å². The number of hydrogen-bond donors (Lipinski definition) is 1. The average molecular weight is 349 g/mol. The van der Waals surface area contributed by atoms with Gasteiger partial charge in [0.05, 0.1) is 0 Å². The van der Waals surface area contributed by atoms with Crippen LogP contribution in [0.15, 0.2) is 49.1 Å². The van der Waals surface area contributed by atoms with Crippen molar-refractivity contribution >= 4 is 6.08 Å². The Kier molecular flexibility index (Phi) is 37.5. The lowest BCUT2D eigenvalue weighted by atomic mass is 10.1. The summed E-state index contributed by atoms with van der Waals surface area (Å²) in [5.74, 6) is 0.301. The molecule has 1 aromatic carbocycles. The normalized spacial score (nSPS) is 8.68. The summed E-state index contributed by atoms with van der Waals surface area (Å²) in [5.41, 5.74) is 2.01. The molecule has 1 rings (SSSR count). The molecule has 0 radical (unpaired) electrons. The number of benzene rings is 1. The molecule has 0 spiro atoms. The van der Waals surface area contributed by atoms with Crippen molar-refractivity contribution in [2.45, 2.75) is 81.6 Å². The minimum absolute atomic E-state index is 0.301. The van der Waals surface area contributed by atoms with Gasteiger partial charge in [-0.15, -0.1) is 0 Å². The Balaban J connectivity index is -0.000000128. The van der Waals surface area contributed by atoms with Crippen molar-refractivity contribution in [1.82, 2.24) is 0 Å². The van der Waals surface area contributed by atoms with Crippen molar-refractivity contribution in [3.63, 3.8) is 0 Å². The Bertz CT molecular complexity index is 394. The predicted octanol–water partition coefficient (Wildman–Crippen LogP) is 8.73. The van der Waals surface area contributed by atoms with Gasteiger partial charge in [0.25, 0.3) is 0 Å². The summed E-state index contributed by atoms with van der Waals surface area (Å²) >= 11 is 0. The minimum atomic E-state index is 0.301. The van der Waals surface area contributed by atoms with E-state index in [4.69, 9.17) is 5.11 Å². The van der Waals surface area contributed by atoms with E-state index in [0.29, 0.717) is 5.75 Å². The highest BCUT2D eigenvalue weighted by atomic mass is 16.3. The van der Waals surface area contributed by atoms with Gasteiger partial charge >= 0.3 is 0 Å². The quantitative estimate of drug-likeness (QED) is 0.539. The zero-order valence-corrected chi connectivity index (χ0v) is 18.4. The molecule has 0 saturated carbocycles. The number of aryl methyl sites for hydroxylation is 1. The first-order valence-corrected chi connectivity index (χ1v) is 9.70. The second-order valence-corrected chi connectivity index (χ2v) is 4.64. The standard InChI is InChI=1S/C9H10O.C6H12.C5H10.2C2H6/c1-3-8-4-7(2)5-9(10)6-8;1-3-5-6-4-2;1-3-5-4-2;2*1-2/h3-6,10H,1H2,2H3;3,5H,4,6H2,1-2H3;3,5H,4H2,1-2H3;2*1-2H3/b;;5-3-;;. The van der Waals surface area contributed by atoms with Crippen LogP contribution < -0.4 is 0 Å². The first-order chi connectivity index (χ1) is 12.0. The summed E-state index contributed by atoms with van der Waals surface area (Å²) in [7, 11) is 0. The van der Waals surface area contributed by atoms with Gasteiger partial charge in [0.1, 0.15) is 5.75 Å². The van der Waals surface area contributed by atoms with Gasteiger partial charge in [-0.25, -0.2) is 0 Å². The number of unbranched alkanes of at least 4 members (excludes halogenated alkanes) is 1. The Morgan fingerprint density at radius 1 is 0.920 bits per heavy atom. The fourth-order valence-corrected chi connectivity index (χ4v) is 1.48. The minimum Gasteiger partial charge on any atom is -0.508 e. The lowest BCUT2D eigenvalue weighted by Crippen LogP contribution is -1.74. The molecule has 0 amide bonds. The van der Waals surface area contributed by atoms with Gasteiger partial charge in [-0.2, -0.15) is 0 Å². The molecule has 1 nitrogen and oxygen atoms in total. The number of phenolic OH excluding ortho intramolecular Hbond substituents is 1. The molecular formula is C24H44O. The van der Waals surface area contributed by atoms with Crippen molar-refractivity contribution in [3.8, 4) is 5.75 Å². The number of hydrogen-bond acceptors (Lipinski definition) is 1. The third kappa shape index (κ3) is 30.7. The fraction of sp³-hybridized carbons (Fsp3) is 0.500. The molecule has 25 heavy (non-hydrogen) atoms. The Labute approximate surface area is 159 Å². The van der Waals surface area contributed by atoms with E-state index in [-0.39, 0.29) is 0 Å². The van der Waals surface area contributed by atoms with Crippen LogP contribution >= 0.6 is 0 Å². The van der Waals surface area contributed by atoms with Gasteiger partial charge in [0.15, 0.2) is 0 Å². The first-order valence-electron chi connectivity index (χ1n) is 9.70. The van der Waals surface area contributed by atoms with Gasteiger partial charge in [-0.3, -0.25) is 0 Å². The number of aromatic hydroxyl groups is 1. The highest BCUT2D eigenvalue weighted by molar-refractivity contribution is 5.51. The van der Waals surface area contributed by atoms with Crippen LogP contribution in [0, 0.1) is 6.92 Å². The zero-order chi connectivity index (χ0) is 20.5. The second-order valence-electron chi connectivity index (χ2n) is 4.64. The summed E-state index contributed by atoms with van der Waals surface area (Å²) in [6.45, 7) is 21.9. The lowest BCUT2D eigenvalue weighted by Gasteiger charge is -1.96. The maximum absolute atomic E-state index is 9.08. The maximum atomic E-state index is 9.08. The molecule has 0 heterocycles. The van der Waals surface area contributed by atoms with E-state index in [9.17, 15) is 0 Å². The van der Waals surface area contributed by atoms with Gasteiger partial charge in [-0.1, -0.05) is 91.0 Å². The number of rotatable bonds is 4. The summed E-state index contributed by atoms with van der Waals surface area (Å²) < 4.78 is 0. The maximum Gasteiger partial charge on any atom is 0.116 e. The van der Waals surface area contributed by atoms with Crippen LogP contribution in [0.25, 0.3) is 6.08 Å². The molecule has 0 saturated heterocycles. The van der Waals surface area contributed by atoms with E-state index >= 15 is 0 Å². The van der Waals surface area contributed by atoms with Gasteiger partial charge in [0.2, 0.25) is 0 Å². The molecule has 0 unspecified atom stereocenters. The van der Waals surface area contributed by atoms with Crippen molar-refractivity contribution in [3.05, 3.63) is 60.2 Å². The number of phenols is 1. The van der Waals surface area contributed by atoms with Gasteiger partial charge in [-0.05, 0) is 56.9 Å². The molecule has 0 aliphatic heterocycles. The summed E-state index contributed by atoms with van der Waals surface area (Å²) in [6.07, 6.45) is 13.8. The highest BCUT2D eigenvalue weighted by Crippen LogP contribution is 2.15. The average Bonchev–Trinajstić information content (AvgIpc) is 2.64. The molecule has 0 aromatic heterocycles. The van der Waals surface area contributed by atoms with Gasteiger partial charge in [0, 0.05) is 0 Å². The Hall–Kier alpha value is -1.76. The molecule has 1 heteroatoms. The summed E-state index contributed by atoms with van der Waals surface area (Å²) in [5, 5.41) is 9.08. The second kappa shape index (κ2) is 30.2. The molecule has 0 fully saturated rings. The van der Waals surface area contributed by atoms with E-state index in [1.165, 1.54) is 12.8 Å². The molecular weight excluding hydrogens is 304 g/mol. The van der Waals surface area contributed by atoms with Crippen LogP contribution in [-0.4, -0.2) is 5.11 Å². The topological polar surface area (TPSA) is 20.2 Å². The largest absolute Gasteiger partial charge is 0.508 e. The Morgan fingerprint density at radius 3 is 1.68 bits per heavy atom. The zero-order valence-electron chi connectivity index (χ0n) is 18.4. The molecule has 0 aliphatic carbocycles. The van der Waals surface area contributed by atoms with E-state index in [2.05, 4.69) is 51.7 Å². The SMILES string of the molecule is C/C=C\CC.C=Cc1cc(C)cc(O)c1.CC.CC.CC=CCCC. The third-order valence-electron chi connectivity index (χ3n) is 2.48. The third-order valence-corrected chi connectivity index (χ3v) is 2.48. The summed E-state index contributed by atoms with van der Waals surface area (Å²) in [6, 6.07) is 5.36. The molecule has 0 atom stereocenters. The lowest BCUT2D eigenvalue weighted by molar-refractivity contribution is 0.475. The first kappa shape index (κ1) is 31.1. The van der Waals surface area contributed by atoms with E-state index in [0.717, 1.165) is 17.5 Å². The molecule has 1 N–H and O–H groups in total. The Morgan fingerprint density at radius 2 is 1.44 bits per heavy atom. The number of allylic oxidation sites excluding steroid dienone is 4. The van der Waals surface area contributed by atoms with Crippen molar-refractivity contribution in [2.75, 3.05) is 0 Å². The predicted molar refractivity (Wildman–Crippen MR) is 120 cm³/mol. The monoisotopic (exact) mass is 348 g/mol. The van der Waals surface area contributed by atoms with Crippen LogP contribution in [0.2, 0.25) is 0 Å². The van der Waals surface area contributed by atoms with Crippen molar-refractivity contribution < 1.29 is 5.11 Å². The summed E-state index contributed by atoms with van der Waals surface area (Å²) in [4.78, 5) is 0. The van der Waals surface area contributed by atoms with Crippen LogP contribution in [0.1, 0.15) is 85.8 Å². The van der Waals surface area contributed by atoms with Gasteiger partial charge < -0.3 is 5.11 Å². The smallest absolute Gasteiger partial charge is 0.116 e. The van der Waals surface area contributed by atoms with E-state index in [1.54, 1.807) is 18.2 Å². The van der Waals surface area contributed by atoms with Crippen LogP contribution in [0.4, 0.5) is 0 Å². The van der Waals surface area contributed by atoms with Crippen LogP contribution in [0.3, 0.4) is 0 Å². The van der Waals surface area contributed by atoms with Crippen LogP contribution in [0.5, 0.6) is 5.75 Å². The van der Waals surface area contributed by atoms with Crippen molar-refractivity contribution in [2.24, 2.45) is 0 Å². The molecule has 146 valence electrons. The molecule has 1 aromatic rings. The van der Waals surface area contributed by atoms with Crippen molar-refractivity contribution in [1.29, 1.82) is 0 Å². The fourth-order valence-electron chi connectivity index (χ4n) is 1.48. The van der Waals surface area contributed by atoms with Crippen LogP contribution in [-0.2, 0) is 0 Å². The van der Waals surface area contributed by atoms with E-state index < -0.39 is 0 Å².